The number of aromatic hydroxyl groups is 1. The minimum Gasteiger partial charge on any atom is -0.508 e. The van der Waals surface area contributed by atoms with E-state index in [0.717, 1.165) is 4.47 Å². The molecule has 0 aromatic heterocycles. The number of aliphatic carboxylic acids is 1. The van der Waals surface area contributed by atoms with Crippen LogP contribution >= 0.6 is 15.9 Å². The molecule has 1 atom stereocenters. The summed E-state index contributed by atoms with van der Waals surface area (Å²) in [6.45, 7) is 3.38. The number of phenolic OH excluding ortho intramolecular Hbond substituents is 1. The van der Waals surface area contributed by atoms with Crippen LogP contribution in [0.5, 0.6) is 5.75 Å². The van der Waals surface area contributed by atoms with Crippen molar-refractivity contribution in [2.45, 2.75) is 25.3 Å². The molecular weight excluding hydrogens is 274 g/mol. The van der Waals surface area contributed by atoms with Crippen LogP contribution in [-0.4, -0.2) is 22.2 Å². The van der Waals surface area contributed by atoms with E-state index in [1.807, 2.05) is 0 Å². The Morgan fingerprint density at radius 3 is 2.50 bits per heavy atom. The summed E-state index contributed by atoms with van der Waals surface area (Å²) in [5.74, 6) is -1.05. The highest BCUT2D eigenvalue weighted by Crippen LogP contribution is 2.34. The lowest BCUT2D eigenvalue weighted by Gasteiger charge is -2.29. The van der Waals surface area contributed by atoms with Gasteiger partial charge in [0.05, 0.1) is 0 Å². The van der Waals surface area contributed by atoms with Crippen LogP contribution in [-0.2, 0) is 10.2 Å². The molecule has 1 rings (SSSR count). The minimum absolute atomic E-state index is 0.0380. The molecule has 0 aliphatic carbocycles. The Kier molecular flexibility index (Phi) is 3.60. The quantitative estimate of drug-likeness (QED) is 0.792. The zero-order valence-electron chi connectivity index (χ0n) is 9.07. The van der Waals surface area contributed by atoms with Gasteiger partial charge in [-0.15, -0.1) is 0 Å². The number of hydrogen-bond donors (Lipinski definition) is 3. The highest BCUT2D eigenvalue weighted by molar-refractivity contribution is 9.10. The molecule has 0 spiro atoms. The van der Waals surface area contributed by atoms with Crippen molar-refractivity contribution in [1.82, 2.24) is 0 Å². The number of halogens is 1. The Balaban J connectivity index is 3.21. The lowest BCUT2D eigenvalue weighted by atomic mass is 9.77. The van der Waals surface area contributed by atoms with Gasteiger partial charge >= 0.3 is 5.97 Å². The molecule has 16 heavy (non-hydrogen) atoms. The third-order valence-corrected chi connectivity index (χ3v) is 3.19. The molecule has 4 nitrogen and oxygen atoms in total. The van der Waals surface area contributed by atoms with Gasteiger partial charge in [-0.25, -0.2) is 0 Å². The summed E-state index contributed by atoms with van der Waals surface area (Å²) in [6.07, 6.45) is 0. The van der Waals surface area contributed by atoms with Crippen molar-refractivity contribution < 1.29 is 15.0 Å². The molecule has 0 bridgehead atoms. The van der Waals surface area contributed by atoms with E-state index in [1.165, 1.54) is 6.07 Å². The van der Waals surface area contributed by atoms with Gasteiger partial charge in [0.1, 0.15) is 11.8 Å². The molecule has 0 heterocycles. The normalized spacial score (nSPS) is 13.5. The fourth-order valence-electron chi connectivity index (χ4n) is 1.53. The van der Waals surface area contributed by atoms with Crippen LogP contribution in [0.1, 0.15) is 19.4 Å². The summed E-state index contributed by atoms with van der Waals surface area (Å²) >= 11 is 3.22. The Morgan fingerprint density at radius 1 is 1.50 bits per heavy atom. The lowest BCUT2D eigenvalue weighted by molar-refractivity contribution is -0.140. The molecular formula is C11H14BrNO3. The van der Waals surface area contributed by atoms with E-state index in [4.69, 9.17) is 10.8 Å². The summed E-state index contributed by atoms with van der Waals surface area (Å²) < 4.78 is 0.730. The topological polar surface area (TPSA) is 83.5 Å². The molecule has 1 unspecified atom stereocenters. The third-order valence-electron chi connectivity index (χ3n) is 2.70. The maximum atomic E-state index is 10.9. The highest BCUT2D eigenvalue weighted by atomic mass is 79.9. The van der Waals surface area contributed by atoms with Gasteiger partial charge < -0.3 is 15.9 Å². The Morgan fingerprint density at radius 2 is 2.06 bits per heavy atom. The molecule has 0 aliphatic heterocycles. The number of hydrogen-bond acceptors (Lipinski definition) is 3. The summed E-state index contributed by atoms with van der Waals surface area (Å²) in [5, 5.41) is 18.7. The Labute approximate surface area is 102 Å². The van der Waals surface area contributed by atoms with E-state index >= 15 is 0 Å². The van der Waals surface area contributed by atoms with Crippen LogP contribution in [0.25, 0.3) is 0 Å². The van der Waals surface area contributed by atoms with Gasteiger partial charge in [-0.2, -0.15) is 0 Å². The van der Waals surface area contributed by atoms with Gasteiger partial charge in [-0.1, -0.05) is 35.8 Å². The molecule has 0 amide bonds. The van der Waals surface area contributed by atoms with Gasteiger partial charge in [0, 0.05) is 15.5 Å². The molecule has 0 saturated carbocycles. The fourth-order valence-corrected chi connectivity index (χ4v) is 1.87. The van der Waals surface area contributed by atoms with Crippen molar-refractivity contribution in [2.75, 3.05) is 0 Å². The molecule has 0 radical (unpaired) electrons. The second-order valence-electron chi connectivity index (χ2n) is 4.20. The summed E-state index contributed by atoms with van der Waals surface area (Å²) in [4.78, 5) is 10.9. The molecule has 0 fully saturated rings. The van der Waals surface area contributed by atoms with Gasteiger partial charge in [0.2, 0.25) is 0 Å². The fraction of sp³-hybridized carbons (Fsp3) is 0.364. The third kappa shape index (κ3) is 2.36. The molecule has 5 heteroatoms. The second kappa shape index (κ2) is 4.43. The standard InChI is InChI=1S/C11H14BrNO3/c1-11(2,9(13)10(15)16)7-4-3-6(12)5-8(7)14/h3-5,9,14H,13H2,1-2H3,(H,15,16). The number of benzene rings is 1. The molecule has 0 aliphatic rings. The number of nitrogens with two attached hydrogens (primary N) is 1. The van der Waals surface area contributed by atoms with Crippen molar-refractivity contribution in [3.05, 3.63) is 28.2 Å². The number of rotatable bonds is 3. The second-order valence-corrected chi connectivity index (χ2v) is 5.11. The van der Waals surface area contributed by atoms with Crippen LogP contribution in [0.15, 0.2) is 22.7 Å². The van der Waals surface area contributed by atoms with Crippen molar-refractivity contribution in [3.8, 4) is 5.75 Å². The summed E-state index contributed by atoms with van der Waals surface area (Å²) in [7, 11) is 0. The van der Waals surface area contributed by atoms with E-state index in [-0.39, 0.29) is 5.75 Å². The molecule has 0 saturated heterocycles. The minimum atomic E-state index is -1.09. The average molecular weight is 288 g/mol. The van der Waals surface area contributed by atoms with Crippen LogP contribution in [0, 0.1) is 0 Å². The van der Waals surface area contributed by atoms with Crippen LogP contribution in [0.4, 0.5) is 0 Å². The van der Waals surface area contributed by atoms with Crippen LogP contribution in [0.2, 0.25) is 0 Å². The van der Waals surface area contributed by atoms with E-state index in [9.17, 15) is 9.90 Å². The van der Waals surface area contributed by atoms with Crippen LogP contribution in [0.3, 0.4) is 0 Å². The molecule has 4 N–H and O–H groups in total. The predicted octanol–water partition coefficient (Wildman–Crippen LogP) is 1.84. The van der Waals surface area contributed by atoms with E-state index in [2.05, 4.69) is 15.9 Å². The van der Waals surface area contributed by atoms with Crippen molar-refractivity contribution in [3.63, 3.8) is 0 Å². The zero-order chi connectivity index (χ0) is 12.5. The monoisotopic (exact) mass is 287 g/mol. The number of carboxylic acids is 1. The van der Waals surface area contributed by atoms with Gasteiger partial charge in [-0.05, 0) is 12.1 Å². The number of carbonyl (C=O) groups is 1. The first-order valence-corrected chi connectivity index (χ1v) is 5.53. The first-order valence-electron chi connectivity index (χ1n) is 4.74. The maximum Gasteiger partial charge on any atom is 0.321 e. The average Bonchev–Trinajstić information content (AvgIpc) is 2.15. The SMILES string of the molecule is CC(C)(c1ccc(Br)cc1O)C(N)C(=O)O. The maximum absolute atomic E-state index is 10.9. The number of carboxylic acid groups (broad SMARTS) is 1. The van der Waals surface area contributed by atoms with Gasteiger partial charge in [0.25, 0.3) is 0 Å². The van der Waals surface area contributed by atoms with E-state index in [0.29, 0.717) is 5.56 Å². The van der Waals surface area contributed by atoms with Gasteiger partial charge in [-0.3, -0.25) is 4.79 Å². The van der Waals surface area contributed by atoms with Crippen molar-refractivity contribution >= 4 is 21.9 Å². The van der Waals surface area contributed by atoms with Crippen LogP contribution < -0.4 is 5.73 Å². The Hall–Kier alpha value is -1.07. The molecule has 88 valence electrons. The first-order chi connectivity index (χ1) is 7.26. The Bertz CT molecular complexity index is 418. The summed E-state index contributed by atoms with van der Waals surface area (Å²) in [6, 6.07) is 3.86. The zero-order valence-corrected chi connectivity index (χ0v) is 10.7. The highest BCUT2D eigenvalue weighted by Gasteiger charge is 2.35. The molecule has 1 aromatic carbocycles. The first kappa shape index (κ1) is 13.0. The van der Waals surface area contributed by atoms with Crippen molar-refractivity contribution in [1.29, 1.82) is 0 Å². The van der Waals surface area contributed by atoms with E-state index < -0.39 is 17.4 Å². The smallest absolute Gasteiger partial charge is 0.321 e. The van der Waals surface area contributed by atoms with Crippen molar-refractivity contribution in [2.24, 2.45) is 5.73 Å². The van der Waals surface area contributed by atoms with Gasteiger partial charge in [0.15, 0.2) is 0 Å². The van der Waals surface area contributed by atoms with E-state index in [1.54, 1.807) is 26.0 Å². The lowest BCUT2D eigenvalue weighted by Crippen LogP contribution is -2.46. The largest absolute Gasteiger partial charge is 0.508 e. The number of phenols is 1. The summed E-state index contributed by atoms with van der Waals surface area (Å²) in [5.41, 5.74) is 5.29. The molecule has 1 aromatic rings. The predicted molar refractivity (Wildman–Crippen MR) is 64.4 cm³/mol.